The largest absolute Gasteiger partial charge is 0.508 e. The number of aromatic hydroxyl groups is 1. The van der Waals surface area contributed by atoms with Crippen molar-refractivity contribution in [3.8, 4) is 5.75 Å². The maximum Gasteiger partial charge on any atom is 0.326 e. The van der Waals surface area contributed by atoms with E-state index in [-0.39, 0.29) is 46.5 Å². The van der Waals surface area contributed by atoms with E-state index in [9.17, 15) is 29.4 Å². The van der Waals surface area contributed by atoms with Gasteiger partial charge in [-0.2, -0.15) is 0 Å². The Labute approximate surface area is 249 Å². The van der Waals surface area contributed by atoms with Crippen molar-refractivity contribution in [3.63, 3.8) is 0 Å². The van der Waals surface area contributed by atoms with Crippen LogP contribution in [0, 0.1) is 5.41 Å². The molecule has 1 saturated heterocycles. The van der Waals surface area contributed by atoms with Gasteiger partial charge in [-0.15, -0.1) is 0 Å². The highest BCUT2D eigenvalue weighted by molar-refractivity contribution is 6.35. The van der Waals surface area contributed by atoms with Crippen LogP contribution >= 0.6 is 23.2 Å². The molecule has 2 aromatic carbocycles. The van der Waals surface area contributed by atoms with Gasteiger partial charge in [-0.3, -0.25) is 14.4 Å². The number of phenolic OH excluding ortho intramolecular Hbond substituents is 1. The predicted octanol–water partition coefficient (Wildman–Crippen LogP) is 4.57. The van der Waals surface area contributed by atoms with Crippen LogP contribution in [0.5, 0.6) is 5.75 Å². The van der Waals surface area contributed by atoms with Gasteiger partial charge in [0.15, 0.2) is 0 Å². The number of benzene rings is 2. The number of rotatable bonds is 10. The molecule has 11 heteroatoms. The zero-order chi connectivity index (χ0) is 29.6. The van der Waals surface area contributed by atoms with E-state index in [1.165, 1.54) is 56.0 Å². The summed E-state index contributed by atoms with van der Waals surface area (Å²) < 4.78 is 0. The van der Waals surface area contributed by atoms with Gasteiger partial charge in [0, 0.05) is 41.5 Å². The van der Waals surface area contributed by atoms with Crippen LogP contribution in [0.1, 0.15) is 67.3 Å². The van der Waals surface area contributed by atoms with Gasteiger partial charge in [-0.25, -0.2) is 4.79 Å². The smallest absolute Gasteiger partial charge is 0.326 e. The first kappa shape index (κ1) is 30.7. The average molecular weight is 605 g/mol. The van der Waals surface area contributed by atoms with E-state index >= 15 is 0 Å². The second kappa shape index (κ2) is 13.6. The topological polar surface area (TPSA) is 136 Å². The molecule has 9 nitrogen and oxygen atoms in total. The summed E-state index contributed by atoms with van der Waals surface area (Å²) in [5.41, 5.74) is 1.12. The second-order valence-corrected chi connectivity index (χ2v) is 12.0. The Balaban J connectivity index is 1.42. The Morgan fingerprint density at radius 1 is 0.878 bits per heavy atom. The van der Waals surface area contributed by atoms with Gasteiger partial charge in [0.25, 0.3) is 5.91 Å². The van der Waals surface area contributed by atoms with Gasteiger partial charge in [-0.1, -0.05) is 48.2 Å². The number of piperidine rings is 1. The maximum atomic E-state index is 13.6. The molecule has 1 aliphatic heterocycles. The molecule has 0 aromatic heterocycles. The number of halogens is 2. The first-order valence-electron chi connectivity index (χ1n) is 13.9. The summed E-state index contributed by atoms with van der Waals surface area (Å²) in [6.45, 7) is 1.18. The fourth-order valence-corrected chi connectivity index (χ4v) is 6.37. The highest BCUT2D eigenvalue weighted by Gasteiger charge is 2.39. The van der Waals surface area contributed by atoms with Crippen molar-refractivity contribution in [3.05, 3.63) is 63.6 Å². The van der Waals surface area contributed by atoms with Crippen LogP contribution in [0.15, 0.2) is 42.5 Å². The van der Waals surface area contributed by atoms with E-state index < -0.39 is 29.9 Å². The van der Waals surface area contributed by atoms with Crippen molar-refractivity contribution < 1.29 is 29.4 Å². The van der Waals surface area contributed by atoms with Crippen LogP contribution in [0.3, 0.4) is 0 Å². The molecule has 0 radical (unpaired) electrons. The number of hydrogen-bond acceptors (Lipinski definition) is 5. The molecule has 2 aliphatic rings. The lowest BCUT2D eigenvalue weighted by molar-refractivity contribution is -0.142. The molecular weight excluding hydrogens is 569 g/mol. The molecule has 0 bridgehead atoms. The van der Waals surface area contributed by atoms with Crippen LogP contribution in [-0.2, 0) is 20.8 Å². The number of carbonyl (C=O) groups is 4. The first-order chi connectivity index (χ1) is 19.5. The molecular formula is C30H35Cl2N3O6. The van der Waals surface area contributed by atoms with Crippen molar-refractivity contribution in [1.29, 1.82) is 0 Å². The number of hydrogen-bond donors (Lipinski definition) is 4. The van der Waals surface area contributed by atoms with E-state index in [4.69, 9.17) is 23.2 Å². The van der Waals surface area contributed by atoms with Crippen molar-refractivity contribution in [2.45, 2.75) is 69.9 Å². The Kier molecular flexibility index (Phi) is 10.1. The van der Waals surface area contributed by atoms with Crippen LogP contribution < -0.4 is 10.6 Å². The lowest BCUT2D eigenvalue weighted by Gasteiger charge is -2.40. The van der Waals surface area contributed by atoms with Crippen LogP contribution in [-0.4, -0.2) is 64.0 Å². The van der Waals surface area contributed by atoms with Crippen LogP contribution in [0.2, 0.25) is 10.0 Å². The number of nitrogens with one attached hydrogen (secondary N) is 2. The predicted molar refractivity (Wildman–Crippen MR) is 155 cm³/mol. The molecule has 2 fully saturated rings. The average Bonchev–Trinajstić information content (AvgIpc) is 3.38. The van der Waals surface area contributed by atoms with Crippen LogP contribution in [0.4, 0.5) is 0 Å². The van der Waals surface area contributed by atoms with E-state index in [2.05, 4.69) is 10.6 Å². The Hall–Kier alpha value is -3.30. The molecule has 1 heterocycles. The number of nitrogens with zero attached hydrogens (tertiary/aromatic N) is 1. The minimum Gasteiger partial charge on any atom is -0.508 e. The molecule has 2 unspecified atom stereocenters. The zero-order valence-electron chi connectivity index (χ0n) is 22.7. The van der Waals surface area contributed by atoms with Crippen LogP contribution in [0.25, 0.3) is 0 Å². The minimum atomic E-state index is -1.21. The molecule has 2 aromatic rings. The van der Waals surface area contributed by atoms with E-state index in [1.54, 1.807) is 17.0 Å². The summed E-state index contributed by atoms with van der Waals surface area (Å²) in [6, 6.07) is 8.24. The standard InChI is InChI=1S/C30H35Cl2N3O6/c31-21-16-20(17-22(32)18-21)27(38)34-24(28(39)35-13-11-30(12-14-35)9-1-2-10-30)7-8-26(37)33-25(29(40)41)15-19-3-5-23(36)6-4-19/h3-6,16-18,24-25,36H,1-2,7-15H2,(H,33,37)(H,34,38)(H,40,41). The minimum absolute atomic E-state index is 0.0160. The maximum absolute atomic E-state index is 13.6. The molecule has 4 N–H and O–H groups in total. The Bertz CT molecular complexity index is 1250. The fraction of sp³-hybridized carbons (Fsp3) is 0.467. The van der Waals surface area contributed by atoms with Crippen molar-refractivity contribution in [2.75, 3.05) is 13.1 Å². The third kappa shape index (κ3) is 8.36. The normalized spacial score (nSPS) is 17.6. The molecule has 3 amide bonds. The molecule has 1 spiro atoms. The fourth-order valence-electron chi connectivity index (χ4n) is 5.84. The lowest BCUT2D eigenvalue weighted by Crippen LogP contribution is -2.52. The summed E-state index contributed by atoms with van der Waals surface area (Å²) in [7, 11) is 0. The number of carbonyl (C=O) groups excluding carboxylic acids is 3. The number of aliphatic carboxylic acids is 1. The van der Waals surface area contributed by atoms with Gasteiger partial charge in [0.1, 0.15) is 17.8 Å². The molecule has 1 aliphatic carbocycles. The van der Waals surface area contributed by atoms with Gasteiger partial charge >= 0.3 is 5.97 Å². The summed E-state index contributed by atoms with van der Waals surface area (Å²) in [5.74, 6) is -2.54. The number of amides is 3. The van der Waals surface area contributed by atoms with E-state index in [0.29, 0.717) is 24.1 Å². The molecule has 41 heavy (non-hydrogen) atoms. The monoisotopic (exact) mass is 603 g/mol. The van der Waals surface area contributed by atoms with Crippen molar-refractivity contribution >= 4 is 46.9 Å². The number of phenols is 1. The molecule has 220 valence electrons. The van der Waals surface area contributed by atoms with Gasteiger partial charge in [0.05, 0.1) is 0 Å². The van der Waals surface area contributed by atoms with E-state index in [0.717, 1.165) is 12.8 Å². The second-order valence-electron chi connectivity index (χ2n) is 11.1. The van der Waals surface area contributed by atoms with Crippen molar-refractivity contribution in [1.82, 2.24) is 15.5 Å². The lowest BCUT2D eigenvalue weighted by atomic mass is 9.77. The summed E-state index contributed by atoms with van der Waals surface area (Å²) in [5, 5.41) is 24.9. The SMILES string of the molecule is O=C(CCC(NC(=O)c1cc(Cl)cc(Cl)c1)C(=O)N1CCC2(CCCC2)CC1)NC(Cc1ccc(O)cc1)C(=O)O. The highest BCUT2D eigenvalue weighted by atomic mass is 35.5. The Morgan fingerprint density at radius 3 is 2.07 bits per heavy atom. The highest BCUT2D eigenvalue weighted by Crippen LogP contribution is 2.46. The molecule has 1 saturated carbocycles. The zero-order valence-corrected chi connectivity index (χ0v) is 24.2. The Morgan fingerprint density at radius 2 is 1.49 bits per heavy atom. The molecule has 2 atom stereocenters. The molecule has 4 rings (SSSR count). The number of carboxylic acid groups (broad SMARTS) is 1. The summed E-state index contributed by atoms with van der Waals surface area (Å²) >= 11 is 12.1. The van der Waals surface area contributed by atoms with Gasteiger partial charge in [-0.05, 0) is 73.4 Å². The van der Waals surface area contributed by atoms with Gasteiger partial charge < -0.3 is 25.7 Å². The number of likely N-dealkylation sites (tertiary alicyclic amines) is 1. The summed E-state index contributed by atoms with van der Waals surface area (Å²) in [6.07, 6.45) is 6.46. The third-order valence-corrected chi connectivity index (χ3v) is 8.63. The third-order valence-electron chi connectivity index (χ3n) is 8.20. The quantitative estimate of drug-likeness (QED) is 0.314. The van der Waals surface area contributed by atoms with Crippen molar-refractivity contribution in [2.24, 2.45) is 5.41 Å². The first-order valence-corrected chi connectivity index (χ1v) is 14.6. The summed E-state index contributed by atoms with van der Waals surface area (Å²) in [4.78, 5) is 53.1. The number of carboxylic acids is 1. The van der Waals surface area contributed by atoms with Gasteiger partial charge in [0.2, 0.25) is 11.8 Å². The van der Waals surface area contributed by atoms with E-state index in [1.807, 2.05) is 0 Å².